The molecule has 126 valence electrons. The van der Waals surface area contributed by atoms with Crippen molar-refractivity contribution in [1.82, 2.24) is 9.88 Å². The minimum Gasteiger partial charge on any atom is -0.358 e. The first kappa shape index (κ1) is 16.2. The Morgan fingerprint density at radius 3 is 2.92 bits per heavy atom. The van der Waals surface area contributed by atoms with Gasteiger partial charge in [-0.1, -0.05) is 22.0 Å². The molecule has 4 rings (SSSR count). The summed E-state index contributed by atoms with van der Waals surface area (Å²) >= 11 is 4.83. The lowest BCUT2D eigenvalue weighted by molar-refractivity contribution is 0.0729. The van der Waals surface area contributed by atoms with Crippen molar-refractivity contribution in [1.29, 1.82) is 0 Å². The Labute approximate surface area is 156 Å². The van der Waals surface area contributed by atoms with Crippen LogP contribution in [-0.4, -0.2) is 15.8 Å². The van der Waals surface area contributed by atoms with Crippen molar-refractivity contribution in [3.63, 3.8) is 0 Å². The van der Waals surface area contributed by atoms with E-state index in [1.54, 1.807) is 46.7 Å². The molecule has 1 aromatic carbocycles. The Morgan fingerprint density at radius 1 is 1.28 bits per heavy atom. The monoisotopic (exact) mass is 417 g/mol. The van der Waals surface area contributed by atoms with Crippen molar-refractivity contribution in [2.75, 3.05) is 5.32 Å². The topological polar surface area (TPSA) is 45.2 Å². The SMILES string of the molecule is O=C1c2cccnc2[C@@H](Nc2ccc(Br)cc2F)N1Cc1cccs1. The Morgan fingerprint density at radius 2 is 2.16 bits per heavy atom. The number of hydrogen-bond acceptors (Lipinski definition) is 4. The molecule has 1 N–H and O–H groups in total. The van der Waals surface area contributed by atoms with Crippen LogP contribution in [0.4, 0.5) is 10.1 Å². The lowest BCUT2D eigenvalue weighted by atomic mass is 10.2. The second kappa shape index (κ2) is 6.57. The van der Waals surface area contributed by atoms with E-state index < -0.39 is 6.17 Å². The number of hydrogen-bond donors (Lipinski definition) is 1. The van der Waals surface area contributed by atoms with E-state index in [1.807, 2.05) is 17.5 Å². The van der Waals surface area contributed by atoms with Gasteiger partial charge in [-0.3, -0.25) is 9.78 Å². The van der Waals surface area contributed by atoms with Gasteiger partial charge in [-0.25, -0.2) is 4.39 Å². The van der Waals surface area contributed by atoms with Crippen LogP contribution in [-0.2, 0) is 6.54 Å². The maximum atomic E-state index is 14.3. The third kappa shape index (κ3) is 3.05. The Hall–Kier alpha value is -2.25. The van der Waals surface area contributed by atoms with Crippen molar-refractivity contribution in [3.8, 4) is 0 Å². The van der Waals surface area contributed by atoms with Crippen molar-refractivity contribution in [2.24, 2.45) is 0 Å². The molecule has 0 aliphatic carbocycles. The molecule has 0 unspecified atom stereocenters. The largest absolute Gasteiger partial charge is 0.358 e. The van der Waals surface area contributed by atoms with Crippen LogP contribution in [0.1, 0.15) is 27.1 Å². The molecule has 7 heteroatoms. The highest BCUT2D eigenvalue weighted by atomic mass is 79.9. The molecule has 0 saturated carbocycles. The molecular formula is C18H13BrFN3OS. The van der Waals surface area contributed by atoms with Gasteiger partial charge in [0.15, 0.2) is 0 Å². The molecule has 3 aromatic rings. The average Bonchev–Trinajstić information content (AvgIpc) is 3.20. The van der Waals surface area contributed by atoms with Gasteiger partial charge in [-0.15, -0.1) is 11.3 Å². The Balaban J connectivity index is 1.71. The maximum Gasteiger partial charge on any atom is 0.258 e. The summed E-state index contributed by atoms with van der Waals surface area (Å²) in [5.74, 6) is -0.492. The van der Waals surface area contributed by atoms with E-state index in [4.69, 9.17) is 0 Å². The van der Waals surface area contributed by atoms with Crippen LogP contribution in [0.5, 0.6) is 0 Å². The quantitative estimate of drug-likeness (QED) is 0.662. The summed E-state index contributed by atoms with van der Waals surface area (Å²) in [6.07, 6.45) is 1.13. The molecule has 0 saturated heterocycles. The summed E-state index contributed by atoms with van der Waals surface area (Å²) in [6, 6.07) is 12.2. The van der Waals surface area contributed by atoms with E-state index in [0.717, 1.165) is 4.88 Å². The average molecular weight is 418 g/mol. The first-order valence-electron chi connectivity index (χ1n) is 7.63. The van der Waals surface area contributed by atoms with Crippen molar-refractivity contribution >= 4 is 38.9 Å². The van der Waals surface area contributed by atoms with Gasteiger partial charge in [0.1, 0.15) is 12.0 Å². The molecule has 2 aromatic heterocycles. The van der Waals surface area contributed by atoms with Gasteiger partial charge in [0.05, 0.1) is 23.5 Å². The maximum absolute atomic E-state index is 14.3. The summed E-state index contributed by atoms with van der Waals surface area (Å²) in [5.41, 5.74) is 1.50. The number of thiophene rings is 1. The van der Waals surface area contributed by atoms with Gasteiger partial charge >= 0.3 is 0 Å². The van der Waals surface area contributed by atoms with Gasteiger partial charge in [0.2, 0.25) is 0 Å². The molecular weight excluding hydrogens is 405 g/mol. The number of carbonyl (C=O) groups excluding carboxylic acids is 1. The predicted octanol–water partition coefficient (Wildman–Crippen LogP) is 4.81. The molecule has 0 fully saturated rings. The van der Waals surface area contributed by atoms with Crippen molar-refractivity contribution < 1.29 is 9.18 Å². The molecule has 4 nitrogen and oxygen atoms in total. The standard InChI is InChI=1S/C18H13BrFN3OS/c19-11-5-6-15(14(20)9-11)22-17-16-13(4-1-7-21-16)18(24)23(17)10-12-3-2-8-25-12/h1-9,17,22H,10H2/t17-/m0/s1. The highest BCUT2D eigenvalue weighted by Gasteiger charge is 2.38. The van der Waals surface area contributed by atoms with E-state index >= 15 is 0 Å². The lowest BCUT2D eigenvalue weighted by Crippen LogP contribution is -2.32. The zero-order chi connectivity index (χ0) is 17.4. The number of benzene rings is 1. The second-order valence-corrected chi connectivity index (χ2v) is 7.57. The zero-order valence-electron chi connectivity index (χ0n) is 12.9. The molecule has 1 aliphatic rings. The fourth-order valence-corrected chi connectivity index (χ4v) is 3.91. The lowest BCUT2D eigenvalue weighted by Gasteiger charge is -2.26. The van der Waals surface area contributed by atoms with Crippen LogP contribution in [0.2, 0.25) is 0 Å². The molecule has 0 radical (unpaired) electrons. The third-order valence-corrected chi connectivity index (χ3v) is 5.38. The zero-order valence-corrected chi connectivity index (χ0v) is 15.3. The van der Waals surface area contributed by atoms with Crippen LogP contribution in [0.25, 0.3) is 0 Å². The molecule has 3 heterocycles. The van der Waals surface area contributed by atoms with E-state index in [-0.39, 0.29) is 11.7 Å². The van der Waals surface area contributed by atoms with Gasteiger partial charge in [-0.2, -0.15) is 0 Å². The Bertz CT molecular complexity index is 932. The fourth-order valence-electron chi connectivity index (χ4n) is 2.87. The summed E-state index contributed by atoms with van der Waals surface area (Å²) in [6.45, 7) is 0.447. The van der Waals surface area contributed by atoms with Crippen LogP contribution < -0.4 is 5.32 Å². The number of carbonyl (C=O) groups is 1. The molecule has 1 aliphatic heterocycles. The minimum atomic E-state index is -0.513. The molecule has 25 heavy (non-hydrogen) atoms. The van der Waals surface area contributed by atoms with Crippen molar-refractivity contribution in [3.05, 3.63) is 80.5 Å². The summed E-state index contributed by atoms with van der Waals surface area (Å²) in [4.78, 5) is 19.9. The first-order chi connectivity index (χ1) is 12.1. The number of fused-ring (bicyclic) bond motifs is 1. The van der Waals surface area contributed by atoms with Gasteiger partial charge in [0.25, 0.3) is 5.91 Å². The summed E-state index contributed by atoms with van der Waals surface area (Å²) in [7, 11) is 0. The number of halogens is 2. The first-order valence-corrected chi connectivity index (χ1v) is 9.30. The number of anilines is 1. The molecule has 0 spiro atoms. The fraction of sp³-hybridized carbons (Fsp3) is 0.111. The smallest absolute Gasteiger partial charge is 0.258 e. The number of pyridine rings is 1. The summed E-state index contributed by atoms with van der Waals surface area (Å²) in [5, 5.41) is 5.11. The number of amides is 1. The van der Waals surface area contributed by atoms with Crippen molar-refractivity contribution in [2.45, 2.75) is 12.7 Å². The molecule has 1 amide bonds. The highest BCUT2D eigenvalue weighted by molar-refractivity contribution is 9.10. The van der Waals surface area contributed by atoms with Crippen LogP contribution in [0.15, 0.2) is 58.5 Å². The number of rotatable bonds is 4. The number of nitrogens with one attached hydrogen (secondary N) is 1. The molecule has 1 atom stereocenters. The van der Waals surface area contributed by atoms with Gasteiger partial charge in [0, 0.05) is 15.5 Å². The van der Waals surface area contributed by atoms with E-state index in [9.17, 15) is 9.18 Å². The summed E-state index contributed by atoms with van der Waals surface area (Å²) < 4.78 is 14.9. The molecule has 0 bridgehead atoms. The van der Waals surface area contributed by atoms with Crippen LogP contribution in [0, 0.1) is 5.82 Å². The predicted molar refractivity (Wildman–Crippen MR) is 98.9 cm³/mol. The van der Waals surface area contributed by atoms with E-state index in [2.05, 4.69) is 26.2 Å². The van der Waals surface area contributed by atoms with E-state index in [1.165, 1.54) is 6.07 Å². The van der Waals surface area contributed by atoms with Gasteiger partial charge < -0.3 is 10.2 Å². The van der Waals surface area contributed by atoms with E-state index in [0.29, 0.717) is 28.0 Å². The van der Waals surface area contributed by atoms with Gasteiger partial charge in [-0.05, 0) is 41.8 Å². The van der Waals surface area contributed by atoms with Crippen LogP contribution >= 0.6 is 27.3 Å². The minimum absolute atomic E-state index is 0.105. The number of nitrogens with zero attached hydrogens (tertiary/aromatic N) is 2. The van der Waals surface area contributed by atoms with Crippen LogP contribution in [0.3, 0.4) is 0 Å². The second-order valence-electron chi connectivity index (χ2n) is 5.62. The Kier molecular flexibility index (Phi) is 4.27. The third-order valence-electron chi connectivity index (χ3n) is 4.03. The normalized spacial score (nSPS) is 16.2. The number of aromatic nitrogens is 1. The highest BCUT2D eigenvalue weighted by Crippen LogP contribution is 2.35.